The molecule has 1 aromatic rings. The molecule has 0 atom stereocenters. The molecular formula is C9H7F3N2O2. The highest BCUT2D eigenvalue weighted by Crippen LogP contribution is 2.15. The van der Waals surface area contributed by atoms with Crippen LogP contribution < -0.4 is 5.32 Å². The lowest BCUT2D eigenvalue weighted by molar-refractivity contribution is -0.325. The Morgan fingerprint density at radius 3 is 2.50 bits per heavy atom. The Bertz CT molecular complexity index is 376. The summed E-state index contributed by atoms with van der Waals surface area (Å²) in [4.78, 5) is 14.0. The van der Waals surface area contributed by atoms with Crippen molar-refractivity contribution in [3.8, 4) is 0 Å². The summed E-state index contributed by atoms with van der Waals surface area (Å²) in [6.45, 7) is 0. The molecule has 0 saturated carbocycles. The van der Waals surface area contributed by atoms with Crippen molar-refractivity contribution in [1.82, 2.24) is 0 Å². The molecule has 1 aromatic carbocycles. The maximum atomic E-state index is 11.5. The number of carbonyl (C=O) groups excluding carboxylic acids is 1. The molecule has 7 heteroatoms. The second-order valence-electron chi connectivity index (χ2n) is 2.63. The Hall–Kier alpha value is -2.05. The summed E-state index contributed by atoms with van der Waals surface area (Å²) >= 11 is 0. The first-order valence-corrected chi connectivity index (χ1v) is 4.12. The largest absolute Gasteiger partial charge is 0.593 e. The molecule has 1 N–H and O–H groups in total. The van der Waals surface area contributed by atoms with Gasteiger partial charge in [0.15, 0.2) is 0 Å². The topological polar surface area (TPSA) is 50.7 Å². The highest BCUT2D eigenvalue weighted by Gasteiger charge is 2.30. The fourth-order valence-corrected chi connectivity index (χ4v) is 0.830. The summed E-state index contributed by atoms with van der Waals surface area (Å²) < 4.78 is 34.4. The highest BCUT2D eigenvalue weighted by molar-refractivity contribution is 6.31. The van der Waals surface area contributed by atoms with Crippen LogP contribution in [0.1, 0.15) is 0 Å². The van der Waals surface area contributed by atoms with Crippen LogP contribution >= 0.6 is 0 Å². The second kappa shape index (κ2) is 5.15. The predicted molar refractivity (Wildman–Crippen MR) is 50.7 cm³/mol. The molecule has 86 valence electrons. The molecule has 1 amide bonds. The van der Waals surface area contributed by atoms with Gasteiger partial charge in [-0.1, -0.05) is 23.4 Å². The third-order valence-corrected chi connectivity index (χ3v) is 1.37. The van der Waals surface area contributed by atoms with E-state index in [1.807, 2.05) is 0 Å². The van der Waals surface area contributed by atoms with Gasteiger partial charge < -0.3 is 5.32 Å². The van der Waals surface area contributed by atoms with Crippen molar-refractivity contribution in [1.29, 1.82) is 0 Å². The average molecular weight is 232 g/mol. The minimum absolute atomic E-state index is 0.403. The van der Waals surface area contributed by atoms with Crippen LogP contribution in [0.5, 0.6) is 0 Å². The first-order valence-electron chi connectivity index (χ1n) is 4.12. The third kappa shape index (κ3) is 4.99. The summed E-state index contributed by atoms with van der Waals surface area (Å²) in [6.07, 6.45) is -4.48. The molecule has 0 heterocycles. The summed E-state index contributed by atoms with van der Waals surface area (Å²) in [7, 11) is 0. The van der Waals surface area contributed by atoms with Gasteiger partial charge in [-0.25, -0.2) is 0 Å². The van der Waals surface area contributed by atoms with Crippen LogP contribution in [0.25, 0.3) is 0 Å². The monoisotopic (exact) mass is 232 g/mol. The van der Waals surface area contributed by atoms with E-state index in [0.717, 1.165) is 0 Å². The van der Waals surface area contributed by atoms with Crippen LogP contribution in [0.15, 0.2) is 35.5 Å². The Balaban J connectivity index is 2.43. The first-order chi connectivity index (χ1) is 7.47. The zero-order valence-corrected chi connectivity index (χ0v) is 7.86. The van der Waals surface area contributed by atoms with Gasteiger partial charge in [-0.15, -0.1) is 13.2 Å². The van der Waals surface area contributed by atoms with Gasteiger partial charge in [-0.05, 0) is 12.1 Å². The summed E-state index contributed by atoms with van der Waals surface area (Å²) in [5.41, 5.74) is 0.450. The van der Waals surface area contributed by atoms with Gasteiger partial charge in [-0.3, -0.25) is 9.63 Å². The number of nitrogens with zero attached hydrogens (tertiary/aromatic N) is 1. The Kier molecular flexibility index (Phi) is 3.87. The van der Waals surface area contributed by atoms with E-state index in [1.54, 1.807) is 30.3 Å². The van der Waals surface area contributed by atoms with Crippen molar-refractivity contribution < 1.29 is 22.8 Å². The number of para-hydroxylation sites is 1. The third-order valence-electron chi connectivity index (χ3n) is 1.37. The molecule has 0 aliphatic rings. The average Bonchev–Trinajstić information content (AvgIpc) is 2.17. The first kappa shape index (κ1) is 12.0. The maximum absolute atomic E-state index is 11.5. The Morgan fingerprint density at radius 1 is 1.31 bits per heavy atom. The van der Waals surface area contributed by atoms with Crippen molar-refractivity contribution in [2.45, 2.75) is 6.36 Å². The number of hydrogen-bond donors (Lipinski definition) is 1. The number of alkyl halides is 3. The van der Waals surface area contributed by atoms with Gasteiger partial charge in [0.25, 0.3) is 5.91 Å². The van der Waals surface area contributed by atoms with Gasteiger partial charge in [0.2, 0.25) is 0 Å². The van der Waals surface area contributed by atoms with Gasteiger partial charge >= 0.3 is 6.36 Å². The van der Waals surface area contributed by atoms with Crippen LogP contribution in [0, 0.1) is 0 Å². The number of nitrogens with one attached hydrogen (secondary N) is 1. The van der Waals surface area contributed by atoms with E-state index >= 15 is 0 Å². The molecule has 0 unspecified atom stereocenters. The molecule has 16 heavy (non-hydrogen) atoms. The lowest BCUT2D eigenvalue weighted by Gasteiger charge is -2.01. The Labute approximate surface area is 88.7 Å². The van der Waals surface area contributed by atoms with E-state index < -0.39 is 12.3 Å². The van der Waals surface area contributed by atoms with Crippen molar-refractivity contribution in [2.75, 3.05) is 5.32 Å². The van der Waals surface area contributed by atoms with Gasteiger partial charge in [0.1, 0.15) is 6.21 Å². The predicted octanol–water partition coefficient (Wildman–Crippen LogP) is 2.15. The molecule has 0 aliphatic heterocycles. The fraction of sp³-hybridized carbons (Fsp3) is 0.111. The van der Waals surface area contributed by atoms with E-state index in [4.69, 9.17) is 0 Å². The molecule has 0 spiro atoms. The van der Waals surface area contributed by atoms with Crippen LogP contribution in [0.2, 0.25) is 0 Å². The number of oxime groups is 1. The SMILES string of the molecule is O=C(C=NOC(F)(F)F)Nc1ccccc1. The lowest BCUT2D eigenvalue weighted by Crippen LogP contribution is -2.15. The molecule has 4 nitrogen and oxygen atoms in total. The smallest absolute Gasteiger partial charge is 0.321 e. The quantitative estimate of drug-likeness (QED) is 0.641. The van der Waals surface area contributed by atoms with Crippen molar-refractivity contribution in [3.63, 3.8) is 0 Å². The summed E-state index contributed by atoms with van der Waals surface area (Å²) in [5, 5.41) is 4.77. The van der Waals surface area contributed by atoms with E-state index in [9.17, 15) is 18.0 Å². The normalized spacial score (nSPS) is 11.4. The number of carbonyl (C=O) groups is 1. The molecule has 0 fully saturated rings. The van der Waals surface area contributed by atoms with Crippen LogP contribution in [0.4, 0.5) is 18.9 Å². The molecule has 0 radical (unpaired) electrons. The highest BCUT2D eigenvalue weighted by atomic mass is 19.4. The minimum Gasteiger partial charge on any atom is -0.321 e. The molecule has 1 rings (SSSR count). The Morgan fingerprint density at radius 2 is 1.94 bits per heavy atom. The van der Waals surface area contributed by atoms with Crippen molar-refractivity contribution in [2.24, 2.45) is 5.16 Å². The number of amides is 1. The molecule has 0 aliphatic carbocycles. The second-order valence-corrected chi connectivity index (χ2v) is 2.63. The maximum Gasteiger partial charge on any atom is 0.593 e. The number of rotatable bonds is 3. The fourth-order valence-electron chi connectivity index (χ4n) is 0.830. The van der Waals surface area contributed by atoms with Crippen molar-refractivity contribution >= 4 is 17.8 Å². The minimum atomic E-state index is -4.89. The van der Waals surface area contributed by atoms with Crippen LogP contribution in [-0.2, 0) is 9.63 Å². The van der Waals surface area contributed by atoms with E-state index in [0.29, 0.717) is 11.9 Å². The number of benzene rings is 1. The van der Waals surface area contributed by atoms with E-state index in [2.05, 4.69) is 15.3 Å². The number of halogens is 3. The van der Waals surface area contributed by atoms with Crippen LogP contribution in [0.3, 0.4) is 0 Å². The van der Waals surface area contributed by atoms with Gasteiger partial charge in [0.05, 0.1) is 0 Å². The molecule has 0 bridgehead atoms. The van der Waals surface area contributed by atoms with Gasteiger partial charge in [0, 0.05) is 5.69 Å². The van der Waals surface area contributed by atoms with E-state index in [-0.39, 0.29) is 0 Å². The number of anilines is 1. The van der Waals surface area contributed by atoms with Crippen LogP contribution in [-0.4, -0.2) is 18.5 Å². The zero-order valence-electron chi connectivity index (χ0n) is 7.86. The summed E-state index contributed by atoms with van der Waals surface area (Å²) in [6, 6.07) is 8.22. The molecule has 0 saturated heterocycles. The standard InChI is InChI=1S/C9H7F3N2O2/c10-9(11,12)16-13-6-8(15)14-7-4-2-1-3-5-7/h1-6H,(H,14,15). The summed E-state index contributed by atoms with van der Waals surface area (Å²) in [5.74, 6) is -0.810. The lowest BCUT2D eigenvalue weighted by atomic mass is 10.3. The van der Waals surface area contributed by atoms with Crippen molar-refractivity contribution in [3.05, 3.63) is 30.3 Å². The molecule has 0 aromatic heterocycles. The molecular weight excluding hydrogens is 225 g/mol. The van der Waals surface area contributed by atoms with Gasteiger partial charge in [-0.2, -0.15) is 0 Å². The van der Waals surface area contributed by atoms with E-state index in [1.165, 1.54) is 0 Å². The number of hydrogen-bond acceptors (Lipinski definition) is 3. The zero-order chi connectivity index (χ0) is 12.0.